The van der Waals surface area contributed by atoms with Gasteiger partial charge in [-0.2, -0.15) is 0 Å². The first-order valence-electron chi connectivity index (χ1n) is 8.97. The van der Waals surface area contributed by atoms with Gasteiger partial charge in [-0.25, -0.2) is 0 Å². The van der Waals surface area contributed by atoms with Crippen molar-refractivity contribution in [3.63, 3.8) is 0 Å². The van der Waals surface area contributed by atoms with E-state index in [1.54, 1.807) is 0 Å². The highest BCUT2D eigenvalue weighted by atomic mass is 16.2. The second-order valence-corrected chi connectivity index (χ2v) is 7.23. The highest BCUT2D eigenvalue weighted by Gasteiger charge is 2.50. The van der Waals surface area contributed by atoms with Crippen molar-refractivity contribution in [1.82, 2.24) is 10.6 Å². The van der Waals surface area contributed by atoms with Crippen LogP contribution >= 0.6 is 0 Å². The van der Waals surface area contributed by atoms with Gasteiger partial charge in [0.2, 0.25) is 5.91 Å². The predicted octanol–water partition coefficient (Wildman–Crippen LogP) is 1.73. The van der Waals surface area contributed by atoms with E-state index in [-0.39, 0.29) is 11.8 Å². The Bertz CT molecular complexity index is 931. The van der Waals surface area contributed by atoms with Gasteiger partial charge in [-0.3, -0.25) is 9.59 Å². The van der Waals surface area contributed by atoms with Crippen molar-refractivity contribution in [2.45, 2.75) is 24.9 Å². The molecule has 0 unspecified atom stereocenters. The number of nitrogens with one attached hydrogen (secondary N) is 4. The normalized spacial score (nSPS) is 23.0. The molecule has 3 aliphatic rings. The molecule has 5 rings (SSSR count). The van der Waals surface area contributed by atoms with Crippen LogP contribution in [0.5, 0.6) is 0 Å². The molecule has 0 bridgehead atoms. The Hall–Kier alpha value is -2.70. The highest BCUT2D eigenvalue weighted by Crippen LogP contribution is 2.44. The van der Waals surface area contributed by atoms with E-state index < -0.39 is 5.41 Å². The van der Waals surface area contributed by atoms with Crippen LogP contribution in [0.25, 0.3) is 0 Å². The summed E-state index contributed by atoms with van der Waals surface area (Å²) in [5.74, 6) is -0.183. The summed E-state index contributed by atoms with van der Waals surface area (Å²) in [4.78, 5) is 25.7. The molecule has 3 heterocycles. The van der Waals surface area contributed by atoms with Crippen LogP contribution in [-0.2, 0) is 23.3 Å². The first-order valence-corrected chi connectivity index (χ1v) is 8.97. The van der Waals surface area contributed by atoms with Crippen molar-refractivity contribution in [1.29, 1.82) is 0 Å². The molecule has 2 aromatic rings. The van der Waals surface area contributed by atoms with Crippen molar-refractivity contribution >= 4 is 23.2 Å². The molecule has 3 aliphatic heterocycles. The molecule has 2 amide bonds. The SMILES string of the molecule is O=C(Nc1ccc2c(c1)CNC2)c1cccc2c1[C@]1(CCNC1)C(=O)N2. The van der Waals surface area contributed by atoms with Gasteiger partial charge >= 0.3 is 0 Å². The molecule has 1 fully saturated rings. The summed E-state index contributed by atoms with van der Waals surface area (Å²) >= 11 is 0. The van der Waals surface area contributed by atoms with Gasteiger partial charge in [0.15, 0.2) is 0 Å². The van der Waals surface area contributed by atoms with Crippen molar-refractivity contribution in [2.24, 2.45) is 0 Å². The standard InChI is InChI=1S/C20H20N4O2/c25-18(23-14-5-4-12-9-22-10-13(12)8-14)15-2-1-3-16-17(15)20(19(26)24-16)6-7-21-11-20/h1-5,8,21-22H,6-7,9-11H2,(H,23,25)(H,24,26)/t20-/m1/s1. The zero-order chi connectivity index (χ0) is 17.7. The van der Waals surface area contributed by atoms with Gasteiger partial charge in [0.05, 0.1) is 5.41 Å². The van der Waals surface area contributed by atoms with E-state index in [1.807, 2.05) is 36.4 Å². The lowest BCUT2D eigenvalue weighted by Crippen LogP contribution is -2.37. The largest absolute Gasteiger partial charge is 0.325 e. The fraction of sp³-hybridized carbons (Fsp3) is 0.300. The molecule has 4 N–H and O–H groups in total. The second kappa shape index (κ2) is 5.65. The number of rotatable bonds is 2. The van der Waals surface area contributed by atoms with Crippen LogP contribution in [0.4, 0.5) is 11.4 Å². The van der Waals surface area contributed by atoms with E-state index in [9.17, 15) is 9.59 Å². The maximum Gasteiger partial charge on any atom is 0.256 e. The van der Waals surface area contributed by atoms with Gasteiger partial charge in [0, 0.05) is 42.1 Å². The van der Waals surface area contributed by atoms with Crippen LogP contribution in [0, 0.1) is 0 Å². The van der Waals surface area contributed by atoms with E-state index in [0.29, 0.717) is 18.5 Å². The van der Waals surface area contributed by atoms with E-state index in [4.69, 9.17) is 0 Å². The van der Waals surface area contributed by atoms with Gasteiger partial charge in [-0.05, 0) is 48.4 Å². The Labute approximate surface area is 151 Å². The number of hydrogen-bond acceptors (Lipinski definition) is 4. The van der Waals surface area contributed by atoms with Crippen LogP contribution < -0.4 is 21.3 Å². The monoisotopic (exact) mass is 348 g/mol. The van der Waals surface area contributed by atoms with E-state index in [2.05, 4.69) is 21.3 Å². The van der Waals surface area contributed by atoms with Gasteiger partial charge in [-0.1, -0.05) is 12.1 Å². The minimum absolute atomic E-state index is 0.0126. The number of carbonyl (C=O) groups excluding carboxylic acids is 2. The topological polar surface area (TPSA) is 82.3 Å². The molecular formula is C20H20N4O2. The molecule has 1 spiro atoms. The molecule has 1 saturated heterocycles. The van der Waals surface area contributed by atoms with Crippen molar-refractivity contribution in [3.05, 3.63) is 58.7 Å². The fourth-order valence-electron chi connectivity index (χ4n) is 4.39. The maximum atomic E-state index is 13.0. The summed E-state index contributed by atoms with van der Waals surface area (Å²) in [6.45, 7) is 3.05. The molecule has 6 heteroatoms. The molecule has 0 radical (unpaired) electrons. The minimum Gasteiger partial charge on any atom is -0.325 e. The summed E-state index contributed by atoms with van der Waals surface area (Å²) in [5, 5.41) is 12.5. The number of anilines is 2. The van der Waals surface area contributed by atoms with Gasteiger partial charge in [0.25, 0.3) is 5.91 Å². The van der Waals surface area contributed by atoms with E-state index in [1.165, 1.54) is 11.1 Å². The molecule has 0 saturated carbocycles. The molecular weight excluding hydrogens is 328 g/mol. The van der Waals surface area contributed by atoms with Gasteiger partial charge in [-0.15, -0.1) is 0 Å². The Morgan fingerprint density at radius 2 is 1.96 bits per heavy atom. The third-order valence-corrected chi connectivity index (χ3v) is 5.72. The highest BCUT2D eigenvalue weighted by molar-refractivity contribution is 6.14. The average Bonchev–Trinajstić information content (AvgIpc) is 3.36. The van der Waals surface area contributed by atoms with Crippen LogP contribution in [0.1, 0.15) is 33.5 Å². The molecule has 0 aromatic heterocycles. The van der Waals surface area contributed by atoms with Crippen molar-refractivity contribution < 1.29 is 9.59 Å². The summed E-state index contributed by atoms with van der Waals surface area (Å²) in [6.07, 6.45) is 0.709. The van der Waals surface area contributed by atoms with E-state index >= 15 is 0 Å². The summed E-state index contributed by atoms with van der Waals surface area (Å²) < 4.78 is 0. The lowest BCUT2D eigenvalue weighted by Gasteiger charge is -2.22. The number of amides is 2. The summed E-state index contributed by atoms with van der Waals surface area (Å²) in [6, 6.07) is 11.5. The summed E-state index contributed by atoms with van der Waals surface area (Å²) in [7, 11) is 0. The third kappa shape index (κ3) is 2.19. The number of fused-ring (bicyclic) bond motifs is 3. The first-order chi connectivity index (χ1) is 12.7. The fourth-order valence-corrected chi connectivity index (χ4v) is 4.39. The smallest absolute Gasteiger partial charge is 0.256 e. The lowest BCUT2D eigenvalue weighted by molar-refractivity contribution is -0.120. The first kappa shape index (κ1) is 15.5. The molecule has 6 nitrogen and oxygen atoms in total. The van der Waals surface area contributed by atoms with Gasteiger partial charge in [0.1, 0.15) is 0 Å². The zero-order valence-corrected chi connectivity index (χ0v) is 14.3. The van der Waals surface area contributed by atoms with Crippen molar-refractivity contribution in [2.75, 3.05) is 23.7 Å². The molecule has 0 aliphatic carbocycles. The van der Waals surface area contributed by atoms with Crippen LogP contribution in [0.3, 0.4) is 0 Å². The number of benzene rings is 2. The lowest BCUT2D eigenvalue weighted by atomic mass is 9.78. The van der Waals surface area contributed by atoms with E-state index in [0.717, 1.165) is 36.6 Å². The summed E-state index contributed by atoms with van der Waals surface area (Å²) in [5.41, 5.74) is 4.79. The van der Waals surface area contributed by atoms with Gasteiger partial charge < -0.3 is 21.3 Å². The number of carbonyl (C=O) groups is 2. The molecule has 2 aromatic carbocycles. The quantitative estimate of drug-likeness (QED) is 0.666. The zero-order valence-electron chi connectivity index (χ0n) is 14.3. The van der Waals surface area contributed by atoms with Crippen molar-refractivity contribution in [3.8, 4) is 0 Å². The maximum absolute atomic E-state index is 13.0. The van der Waals surface area contributed by atoms with Crippen LogP contribution in [0.15, 0.2) is 36.4 Å². The third-order valence-electron chi connectivity index (χ3n) is 5.72. The Balaban J connectivity index is 1.51. The Kier molecular flexibility index (Phi) is 3.38. The van der Waals surface area contributed by atoms with Crippen LogP contribution in [0.2, 0.25) is 0 Å². The predicted molar refractivity (Wildman–Crippen MR) is 99.2 cm³/mol. The second-order valence-electron chi connectivity index (χ2n) is 7.23. The molecule has 1 atom stereocenters. The Morgan fingerprint density at radius 1 is 1.08 bits per heavy atom. The van der Waals surface area contributed by atoms with Crippen LogP contribution in [-0.4, -0.2) is 24.9 Å². The molecule has 26 heavy (non-hydrogen) atoms. The minimum atomic E-state index is -0.634. The number of hydrogen-bond donors (Lipinski definition) is 4. The average molecular weight is 348 g/mol. The Morgan fingerprint density at radius 3 is 2.81 bits per heavy atom. The molecule has 132 valence electrons.